The zero-order chi connectivity index (χ0) is 25.1. The Balaban J connectivity index is 1.33. The summed E-state index contributed by atoms with van der Waals surface area (Å²) >= 11 is 0. The Morgan fingerprint density at radius 1 is 1.31 bits per heavy atom. The molecule has 0 aliphatic carbocycles. The maximum atomic E-state index is 12.8. The highest BCUT2D eigenvalue weighted by atomic mass is 16.5. The number of rotatable bonds is 6. The SMILES string of the molecule is C#Cc1cccc(NC(=O)C2CCN(c3ccc(-c4cc(OCC)cn5ncc(C#N)c45)cn3)C2)n1. The molecule has 1 N–H and O–H groups in total. The molecule has 1 saturated heterocycles. The average Bonchev–Trinajstić information content (AvgIpc) is 3.56. The van der Waals surface area contributed by atoms with Gasteiger partial charge in [-0.05, 0) is 43.7 Å². The van der Waals surface area contributed by atoms with E-state index < -0.39 is 0 Å². The Labute approximate surface area is 208 Å². The van der Waals surface area contributed by atoms with Crippen molar-refractivity contribution in [2.24, 2.45) is 5.92 Å². The molecule has 4 aromatic heterocycles. The maximum Gasteiger partial charge on any atom is 0.230 e. The van der Waals surface area contributed by atoms with Gasteiger partial charge in [0.15, 0.2) is 0 Å². The second-order valence-corrected chi connectivity index (χ2v) is 8.36. The number of hydrogen-bond donors (Lipinski definition) is 1. The van der Waals surface area contributed by atoms with Crippen molar-refractivity contribution in [3.8, 4) is 35.3 Å². The number of amides is 1. The monoisotopic (exact) mass is 477 g/mol. The van der Waals surface area contributed by atoms with E-state index in [9.17, 15) is 10.1 Å². The zero-order valence-electron chi connectivity index (χ0n) is 19.7. The predicted octanol–water partition coefficient (Wildman–Crippen LogP) is 3.51. The summed E-state index contributed by atoms with van der Waals surface area (Å²) < 4.78 is 7.35. The fraction of sp³-hybridized carbons (Fsp3) is 0.222. The lowest BCUT2D eigenvalue weighted by atomic mass is 10.1. The van der Waals surface area contributed by atoms with Gasteiger partial charge in [-0.2, -0.15) is 10.4 Å². The van der Waals surface area contributed by atoms with Gasteiger partial charge in [-0.15, -0.1) is 6.42 Å². The molecular formula is C27H23N7O2. The third kappa shape index (κ3) is 4.42. The molecule has 4 aromatic rings. The number of terminal acetylenes is 1. The highest BCUT2D eigenvalue weighted by Crippen LogP contribution is 2.32. The van der Waals surface area contributed by atoms with E-state index in [0.29, 0.717) is 54.5 Å². The first-order chi connectivity index (χ1) is 17.6. The normalized spacial score (nSPS) is 14.9. The van der Waals surface area contributed by atoms with Crippen LogP contribution in [0.3, 0.4) is 0 Å². The van der Waals surface area contributed by atoms with E-state index in [2.05, 4.69) is 37.3 Å². The molecule has 5 rings (SSSR count). The van der Waals surface area contributed by atoms with Gasteiger partial charge in [0.1, 0.15) is 29.1 Å². The summed E-state index contributed by atoms with van der Waals surface area (Å²) in [5.41, 5.74) is 3.32. The van der Waals surface area contributed by atoms with E-state index in [0.717, 1.165) is 16.9 Å². The second-order valence-electron chi connectivity index (χ2n) is 8.36. The molecule has 1 unspecified atom stereocenters. The maximum absolute atomic E-state index is 12.8. The minimum atomic E-state index is -0.185. The largest absolute Gasteiger partial charge is 0.492 e. The van der Waals surface area contributed by atoms with Crippen LogP contribution in [0, 0.1) is 29.6 Å². The van der Waals surface area contributed by atoms with Crippen LogP contribution in [-0.4, -0.2) is 45.2 Å². The molecule has 5 heterocycles. The van der Waals surface area contributed by atoms with Crippen molar-refractivity contribution in [2.45, 2.75) is 13.3 Å². The molecule has 1 amide bonds. The highest BCUT2D eigenvalue weighted by Gasteiger charge is 2.29. The molecule has 0 aromatic carbocycles. The first-order valence-corrected chi connectivity index (χ1v) is 11.6. The third-order valence-corrected chi connectivity index (χ3v) is 6.11. The Bertz CT molecular complexity index is 1510. The van der Waals surface area contributed by atoms with E-state index in [1.807, 2.05) is 25.1 Å². The fourth-order valence-electron chi connectivity index (χ4n) is 4.37. The average molecular weight is 478 g/mol. The summed E-state index contributed by atoms with van der Waals surface area (Å²) in [5, 5.41) is 16.7. The van der Waals surface area contributed by atoms with Crippen molar-refractivity contribution in [2.75, 3.05) is 29.9 Å². The minimum absolute atomic E-state index is 0.0873. The molecule has 0 spiro atoms. The summed E-state index contributed by atoms with van der Waals surface area (Å²) in [6.07, 6.45) is 11.2. The number of hydrogen-bond acceptors (Lipinski definition) is 7. The summed E-state index contributed by atoms with van der Waals surface area (Å²) in [7, 11) is 0. The first kappa shape index (κ1) is 22.9. The van der Waals surface area contributed by atoms with Crippen molar-refractivity contribution in [3.63, 3.8) is 0 Å². The molecule has 0 radical (unpaired) electrons. The van der Waals surface area contributed by atoms with Gasteiger partial charge in [0.25, 0.3) is 0 Å². The summed E-state index contributed by atoms with van der Waals surface area (Å²) in [4.78, 5) is 23.8. The van der Waals surface area contributed by atoms with Gasteiger partial charge in [-0.1, -0.05) is 12.0 Å². The van der Waals surface area contributed by atoms with Crippen LogP contribution in [0.4, 0.5) is 11.6 Å². The molecule has 178 valence electrons. The van der Waals surface area contributed by atoms with Crippen LogP contribution >= 0.6 is 0 Å². The molecule has 9 heteroatoms. The van der Waals surface area contributed by atoms with Crippen LogP contribution in [0.25, 0.3) is 16.6 Å². The number of carbonyl (C=O) groups is 1. The molecular weight excluding hydrogens is 454 g/mol. The third-order valence-electron chi connectivity index (χ3n) is 6.11. The molecule has 36 heavy (non-hydrogen) atoms. The van der Waals surface area contributed by atoms with Gasteiger partial charge in [-0.3, -0.25) is 4.79 Å². The first-order valence-electron chi connectivity index (χ1n) is 11.6. The molecule has 1 fully saturated rings. The van der Waals surface area contributed by atoms with Crippen LogP contribution in [0.15, 0.2) is 55.0 Å². The number of ether oxygens (including phenoxy) is 1. The number of nitriles is 1. The van der Waals surface area contributed by atoms with E-state index in [1.54, 1.807) is 41.3 Å². The Morgan fingerprint density at radius 2 is 2.19 bits per heavy atom. The molecule has 0 bridgehead atoms. The number of carbonyl (C=O) groups excluding carboxylic acids is 1. The van der Waals surface area contributed by atoms with Gasteiger partial charge in [0.05, 0.1) is 36.0 Å². The van der Waals surface area contributed by atoms with Crippen LogP contribution < -0.4 is 15.0 Å². The van der Waals surface area contributed by atoms with Crippen LogP contribution in [0.5, 0.6) is 5.75 Å². The van der Waals surface area contributed by atoms with Crippen molar-refractivity contribution in [1.29, 1.82) is 5.26 Å². The quantitative estimate of drug-likeness (QED) is 0.423. The predicted molar refractivity (Wildman–Crippen MR) is 135 cm³/mol. The minimum Gasteiger partial charge on any atom is -0.492 e. The Morgan fingerprint density at radius 3 is 2.94 bits per heavy atom. The van der Waals surface area contributed by atoms with Gasteiger partial charge in [0, 0.05) is 30.4 Å². The van der Waals surface area contributed by atoms with Gasteiger partial charge in [0.2, 0.25) is 5.91 Å². The summed E-state index contributed by atoms with van der Waals surface area (Å²) in [5.74, 6) is 4.10. The molecule has 1 aliphatic rings. The number of pyridine rings is 3. The lowest BCUT2D eigenvalue weighted by Gasteiger charge is -2.18. The second kappa shape index (κ2) is 9.77. The van der Waals surface area contributed by atoms with E-state index >= 15 is 0 Å². The van der Waals surface area contributed by atoms with Crippen molar-refractivity contribution < 1.29 is 9.53 Å². The van der Waals surface area contributed by atoms with Gasteiger partial charge >= 0.3 is 0 Å². The van der Waals surface area contributed by atoms with Crippen molar-refractivity contribution in [1.82, 2.24) is 19.6 Å². The smallest absolute Gasteiger partial charge is 0.230 e. The Hall–Kier alpha value is -4.89. The van der Waals surface area contributed by atoms with Gasteiger partial charge < -0.3 is 15.0 Å². The van der Waals surface area contributed by atoms with Crippen LogP contribution in [-0.2, 0) is 4.79 Å². The molecule has 9 nitrogen and oxygen atoms in total. The van der Waals surface area contributed by atoms with Crippen LogP contribution in [0.2, 0.25) is 0 Å². The van der Waals surface area contributed by atoms with Crippen LogP contribution in [0.1, 0.15) is 24.6 Å². The topological polar surface area (TPSA) is 108 Å². The zero-order valence-corrected chi connectivity index (χ0v) is 19.7. The Kier molecular flexibility index (Phi) is 6.21. The van der Waals surface area contributed by atoms with E-state index in [-0.39, 0.29) is 11.8 Å². The lowest BCUT2D eigenvalue weighted by molar-refractivity contribution is -0.119. The number of fused-ring (bicyclic) bond motifs is 1. The summed E-state index contributed by atoms with van der Waals surface area (Å²) in [6.45, 7) is 3.70. The lowest BCUT2D eigenvalue weighted by Crippen LogP contribution is -2.27. The van der Waals surface area contributed by atoms with E-state index in [4.69, 9.17) is 11.2 Å². The number of nitrogens with one attached hydrogen (secondary N) is 1. The molecule has 1 aliphatic heterocycles. The van der Waals surface area contributed by atoms with Gasteiger partial charge in [-0.25, -0.2) is 14.5 Å². The van der Waals surface area contributed by atoms with Crippen molar-refractivity contribution >= 4 is 23.1 Å². The summed E-state index contributed by atoms with van der Waals surface area (Å²) in [6, 6.07) is 13.2. The number of nitrogens with zero attached hydrogens (tertiary/aromatic N) is 6. The molecule has 1 atom stereocenters. The highest BCUT2D eigenvalue weighted by molar-refractivity contribution is 5.92. The van der Waals surface area contributed by atoms with E-state index in [1.165, 1.54) is 0 Å². The number of anilines is 2. The standard InChI is InChI=1S/C27H23N7O2/c1-3-21-6-5-7-24(31-21)32-27(35)19-10-11-33(16-19)25-9-8-18(14-29-25)23-12-22(36-4-2)17-34-26(23)20(13-28)15-30-34/h1,5-9,12,14-15,17,19H,4,10-11,16H2,2H3,(H,31,32,35). The fourth-order valence-corrected chi connectivity index (χ4v) is 4.37. The molecule has 0 saturated carbocycles. The number of aromatic nitrogens is 4. The van der Waals surface area contributed by atoms with Crippen molar-refractivity contribution in [3.05, 3.63) is 66.2 Å².